The minimum Gasteiger partial charge on any atom is -0.329 e. The Labute approximate surface area is 116 Å². The molecule has 0 bridgehead atoms. The van der Waals surface area contributed by atoms with Gasteiger partial charge in [0.1, 0.15) is 0 Å². The van der Waals surface area contributed by atoms with Gasteiger partial charge < -0.3 is 9.55 Å². The van der Waals surface area contributed by atoms with E-state index in [9.17, 15) is 0 Å². The van der Waals surface area contributed by atoms with Crippen LogP contribution in [-0.2, 0) is 0 Å². The van der Waals surface area contributed by atoms with Gasteiger partial charge in [-0.2, -0.15) is 11.8 Å². The lowest BCUT2D eigenvalue weighted by atomic mass is 10.2. The van der Waals surface area contributed by atoms with Gasteiger partial charge in [-0.3, -0.25) is 4.98 Å². The van der Waals surface area contributed by atoms with E-state index in [1.54, 1.807) is 0 Å². The lowest BCUT2D eigenvalue weighted by molar-refractivity contribution is 0.527. The molecule has 5 heteroatoms. The van der Waals surface area contributed by atoms with E-state index in [4.69, 9.17) is 12.2 Å². The fourth-order valence-electron chi connectivity index (χ4n) is 2.88. The van der Waals surface area contributed by atoms with Crippen LogP contribution in [0.5, 0.6) is 0 Å². The zero-order valence-corrected chi connectivity index (χ0v) is 12.1. The first-order chi connectivity index (χ1) is 8.79. The van der Waals surface area contributed by atoms with Crippen molar-refractivity contribution >= 4 is 35.0 Å². The minimum atomic E-state index is 0.553. The average Bonchev–Trinajstić information content (AvgIpc) is 2.92. The molecule has 1 saturated carbocycles. The summed E-state index contributed by atoms with van der Waals surface area (Å²) in [6.45, 7) is 2.24. The molecule has 0 radical (unpaired) electrons. The summed E-state index contributed by atoms with van der Waals surface area (Å²) in [6, 6.07) is 2.61. The van der Waals surface area contributed by atoms with Crippen molar-refractivity contribution < 1.29 is 0 Å². The molecule has 0 aromatic carbocycles. The van der Waals surface area contributed by atoms with Crippen LogP contribution in [0.1, 0.15) is 32.2 Å². The zero-order valence-electron chi connectivity index (χ0n) is 10.4. The Bertz CT molecular complexity index is 602. The van der Waals surface area contributed by atoms with Crippen LogP contribution in [0.2, 0.25) is 0 Å². The van der Waals surface area contributed by atoms with E-state index in [0.717, 1.165) is 15.5 Å². The summed E-state index contributed by atoms with van der Waals surface area (Å²) < 4.78 is 3.13. The Balaban J connectivity index is 1.95. The van der Waals surface area contributed by atoms with Crippen molar-refractivity contribution in [1.29, 1.82) is 0 Å². The van der Waals surface area contributed by atoms with Gasteiger partial charge in [0.05, 0.1) is 17.2 Å². The zero-order chi connectivity index (χ0) is 12.5. The standard InChI is InChI=1S/C13H17N3S2/c1-2-18-10-4-3-9(7-10)16-12-5-6-14-8-11(12)15-13(16)17/h5-6,8-10H,2-4,7H2,1H3,(H,15,17). The number of hydrogen-bond donors (Lipinski definition) is 1. The first-order valence-corrected chi connectivity index (χ1v) is 7.91. The first-order valence-electron chi connectivity index (χ1n) is 6.45. The third-order valence-corrected chi connectivity index (χ3v) is 5.17. The quantitative estimate of drug-likeness (QED) is 0.864. The highest BCUT2D eigenvalue weighted by atomic mass is 32.2. The van der Waals surface area contributed by atoms with Gasteiger partial charge in [0, 0.05) is 17.5 Å². The van der Waals surface area contributed by atoms with Gasteiger partial charge in [-0.15, -0.1) is 0 Å². The molecule has 18 heavy (non-hydrogen) atoms. The molecule has 0 amide bonds. The number of fused-ring (bicyclic) bond motifs is 1. The predicted octanol–water partition coefficient (Wildman–Crippen LogP) is 3.94. The number of nitrogens with one attached hydrogen (secondary N) is 1. The van der Waals surface area contributed by atoms with E-state index in [1.807, 2.05) is 12.4 Å². The van der Waals surface area contributed by atoms with Gasteiger partial charge in [-0.25, -0.2) is 0 Å². The molecule has 2 heterocycles. The van der Waals surface area contributed by atoms with Crippen molar-refractivity contribution in [2.75, 3.05) is 5.75 Å². The van der Waals surface area contributed by atoms with Gasteiger partial charge >= 0.3 is 0 Å². The van der Waals surface area contributed by atoms with Crippen LogP contribution >= 0.6 is 24.0 Å². The SMILES string of the molecule is CCSC1CCC(n2c(=S)[nH]c3cnccc32)C1. The van der Waals surface area contributed by atoms with Crippen LogP contribution in [0.25, 0.3) is 11.0 Å². The first kappa shape index (κ1) is 12.2. The largest absolute Gasteiger partial charge is 0.329 e. The fraction of sp³-hybridized carbons (Fsp3) is 0.538. The maximum Gasteiger partial charge on any atom is 0.178 e. The Morgan fingerprint density at radius 3 is 3.28 bits per heavy atom. The van der Waals surface area contributed by atoms with Crippen molar-refractivity contribution in [3.63, 3.8) is 0 Å². The number of aromatic amines is 1. The van der Waals surface area contributed by atoms with E-state index in [1.165, 1.54) is 30.5 Å². The van der Waals surface area contributed by atoms with Gasteiger partial charge in [-0.1, -0.05) is 6.92 Å². The predicted molar refractivity (Wildman–Crippen MR) is 79.7 cm³/mol. The normalized spacial score (nSPS) is 23.8. The lowest BCUT2D eigenvalue weighted by Crippen LogP contribution is -2.06. The van der Waals surface area contributed by atoms with E-state index >= 15 is 0 Å². The maximum atomic E-state index is 5.47. The van der Waals surface area contributed by atoms with Crippen LogP contribution in [0.15, 0.2) is 18.5 Å². The average molecular weight is 279 g/mol. The Morgan fingerprint density at radius 1 is 1.56 bits per heavy atom. The molecule has 0 aliphatic heterocycles. The highest BCUT2D eigenvalue weighted by Crippen LogP contribution is 2.38. The number of aromatic nitrogens is 3. The molecule has 2 aromatic rings. The van der Waals surface area contributed by atoms with Crippen LogP contribution in [0.4, 0.5) is 0 Å². The monoisotopic (exact) mass is 279 g/mol. The topological polar surface area (TPSA) is 33.6 Å². The molecule has 0 saturated heterocycles. The highest BCUT2D eigenvalue weighted by Gasteiger charge is 2.27. The van der Waals surface area contributed by atoms with Crippen molar-refractivity contribution in [1.82, 2.24) is 14.5 Å². The van der Waals surface area contributed by atoms with Crippen LogP contribution in [0, 0.1) is 4.77 Å². The third-order valence-electron chi connectivity index (χ3n) is 3.64. The van der Waals surface area contributed by atoms with E-state index in [0.29, 0.717) is 6.04 Å². The molecule has 1 aliphatic carbocycles. The van der Waals surface area contributed by atoms with Crippen LogP contribution in [-0.4, -0.2) is 25.5 Å². The number of rotatable bonds is 3. The second-order valence-electron chi connectivity index (χ2n) is 4.74. The summed E-state index contributed by atoms with van der Waals surface area (Å²) in [7, 11) is 0. The second kappa shape index (κ2) is 5.05. The number of imidazole rings is 1. The van der Waals surface area contributed by atoms with E-state index in [-0.39, 0.29) is 0 Å². The molecule has 2 aromatic heterocycles. The number of nitrogens with zero attached hydrogens (tertiary/aromatic N) is 2. The van der Waals surface area contributed by atoms with Crippen molar-refractivity contribution in [3.05, 3.63) is 23.2 Å². The Kier molecular flexibility index (Phi) is 3.43. The molecule has 2 atom stereocenters. The number of H-pyrrole nitrogens is 1. The summed E-state index contributed by atoms with van der Waals surface area (Å²) in [5.74, 6) is 1.21. The number of thioether (sulfide) groups is 1. The summed E-state index contributed by atoms with van der Waals surface area (Å²) in [5.41, 5.74) is 2.25. The summed E-state index contributed by atoms with van der Waals surface area (Å²) in [4.78, 5) is 7.40. The molecule has 1 aliphatic rings. The second-order valence-corrected chi connectivity index (χ2v) is 6.70. The Morgan fingerprint density at radius 2 is 2.44 bits per heavy atom. The maximum absolute atomic E-state index is 5.47. The molecular weight excluding hydrogens is 262 g/mol. The summed E-state index contributed by atoms with van der Waals surface area (Å²) >= 11 is 7.55. The number of pyridine rings is 1. The van der Waals surface area contributed by atoms with Gasteiger partial charge in [0.2, 0.25) is 0 Å². The molecule has 2 unspecified atom stereocenters. The van der Waals surface area contributed by atoms with Gasteiger partial charge in [0.25, 0.3) is 0 Å². The molecule has 96 valence electrons. The molecule has 1 fully saturated rings. The van der Waals surface area contributed by atoms with Crippen molar-refractivity contribution in [3.8, 4) is 0 Å². The van der Waals surface area contributed by atoms with Crippen molar-refractivity contribution in [2.24, 2.45) is 0 Å². The molecule has 0 spiro atoms. The Hall–Kier alpha value is -0.810. The third kappa shape index (κ3) is 2.10. The lowest BCUT2D eigenvalue weighted by Gasteiger charge is -2.13. The highest BCUT2D eigenvalue weighted by molar-refractivity contribution is 7.99. The summed E-state index contributed by atoms with van der Waals surface area (Å²) in [5, 5.41) is 0.800. The van der Waals surface area contributed by atoms with Crippen molar-refractivity contribution in [2.45, 2.75) is 37.5 Å². The number of hydrogen-bond acceptors (Lipinski definition) is 3. The molecular formula is C13H17N3S2. The molecule has 1 N–H and O–H groups in total. The van der Waals surface area contributed by atoms with Crippen LogP contribution in [0.3, 0.4) is 0 Å². The fourth-order valence-corrected chi connectivity index (χ4v) is 4.37. The van der Waals surface area contributed by atoms with Gasteiger partial charge in [-0.05, 0) is 43.3 Å². The van der Waals surface area contributed by atoms with E-state index in [2.05, 4.69) is 39.3 Å². The smallest absolute Gasteiger partial charge is 0.178 e. The summed E-state index contributed by atoms with van der Waals surface area (Å²) in [6.07, 6.45) is 7.48. The van der Waals surface area contributed by atoms with Crippen LogP contribution < -0.4 is 0 Å². The van der Waals surface area contributed by atoms with Gasteiger partial charge in [0.15, 0.2) is 4.77 Å². The molecule has 3 rings (SSSR count). The van der Waals surface area contributed by atoms with E-state index < -0.39 is 0 Å². The minimum absolute atomic E-state index is 0.553. The molecule has 3 nitrogen and oxygen atoms in total.